The van der Waals surface area contributed by atoms with Gasteiger partial charge in [0.05, 0.1) is 0 Å². The largest absolute Gasteiger partial charge is 0.354 e. The van der Waals surface area contributed by atoms with E-state index in [-0.39, 0.29) is 23.8 Å². The average Bonchev–Trinajstić information content (AvgIpc) is 3.30. The van der Waals surface area contributed by atoms with E-state index in [9.17, 15) is 9.59 Å². The molecular weight excluding hydrogens is 304 g/mol. The number of aromatic nitrogens is 2. The van der Waals surface area contributed by atoms with Crippen LogP contribution in [0.4, 0.5) is 0 Å². The fourth-order valence-corrected chi connectivity index (χ4v) is 3.89. The molecule has 1 aliphatic heterocycles. The molecule has 1 aromatic heterocycles. The van der Waals surface area contributed by atoms with Crippen LogP contribution in [0.1, 0.15) is 51.4 Å². The van der Waals surface area contributed by atoms with E-state index in [1.54, 1.807) is 6.20 Å². The Labute approximate surface area is 143 Å². The molecule has 1 aliphatic carbocycles. The van der Waals surface area contributed by atoms with Crippen molar-refractivity contribution in [3.05, 3.63) is 18.5 Å². The van der Waals surface area contributed by atoms with E-state index in [2.05, 4.69) is 10.4 Å². The number of hydrogen-bond acceptors (Lipinski definition) is 3. The molecule has 2 amide bonds. The quantitative estimate of drug-likeness (QED) is 0.810. The smallest absolute Gasteiger partial charge is 0.242 e. The van der Waals surface area contributed by atoms with Gasteiger partial charge in [-0.05, 0) is 38.2 Å². The number of amides is 2. The first-order valence-electron chi connectivity index (χ1n) is 9.31. The van der Waals surface area contributed by atoms with Crippen LogP contribution in [-0.4, -0.2) is 45.6 Å². The topological polar surface area (TPSA) is 67.2 Å². The molecule has 132 valence electrons. The highest BCUT2D eigenvalue weighted by molar-refractivity contribution is 5.89. The summed E-state index contributed by atoms with van der Waals surface area (Å²) in [5.74, 6) is 0.369. The molecule has 2 fully saturated rings. The Balaban J connectivity index is 1.45. The summed E-state index contributed by atoms with van der Waals surface area (Å²) in [5, 5.41) is 7.15. The summed E-state index contributed by atoms with van der Waals surface area (Å²) < 4.78 is 1.86. The van der Waals surface area contributed by atoms with E-state index in [0.29, 0.717) is 6.54 Å². The van der Waals surface area contributed by atoms with Gasteiger partial charge in [0, 0.05) is 37.9 Å². The van der Waals surface area contributed by atoms with E-state index in [1.165, 1.54) is 6.42 Å². The highest BCUT2D eigenvalue weighted by Gasteiger charge is 2.37. The number of carbonyl (C=O) groups is 2. The molecule has 2 heterocycles. The minimum Gasteiger partial charge on any atom is -0.354 e. The summed E-state index contributed by atoms with van der Waals surface area (Å²) in [6.45, 7) is 2.16. The SMILES string of the molecule is O=C(NCCCn1cccn1)[C@@H]1CCCN1C(=O)C1CCCCC1. The summed E-state index contributed by atoms with van der Waals surface area (Å²) in [5.41, 5.74) is 0. The first kappa shape index (κ1) is 17.0. The third kappa shape index (κ3) is 4.16. The highest BCUT2D eigenvalue weighted by atomic mass is 16.2. The monoisotopic (exact) mass is 332 g/mol. The van der Waals surface area contributed by atoms with Crippen molar-refractivity contribution in [1.82, 2.24) is 20.0 Å². The van der Waals surface area contributed by atoms with Crippen LogP contribution in [0, 0.1) is 5.92 Å². The summed E-state index contributed by atoms with van der Waals surface area (Å²) in [6.07, 6.45) is 11.8. The lowest BCUT2D eigenvalue weighted by atomic mass is 9.88. The Morgan fingerprint density at radius 3 is 2.71 bits per heavy atom. The third-order valence-corrected chi connectivity index (χ3v) is 5.22. The zero-order valence-electron chi connectivity index (χ0n) is 14.3. The van der Waals surface area contributed by atoms with E-state index in [1.807, 2.05) is 21.8 Å². The van der Waals surface area contributed by atoms with Gasteiger partial charge in [-0.1, -0.05) is 19.3 Å². The average molecular weight is 332 g/mol. The van der Waals surface area contributed by atoms with Crippen LogP contribution in [0.15, 0.2) is 18.5 Å². The molecule has 1 aromatic rings. The lowest BCUT2D eigenvalue weighted by Gasteiger charge is -2.30. The first-order chi connectivity index (χ1) is 11.8. The molecule has 1 saturated carbocycles. The Hall–Kier alpha value is -1.85. The molecule has 6 heteroatoms. The summed E-state index contributed by atoms with van der Waals surface area (Å²) in [6, 6.07) is 1.63. The van der Waals surface area contributed by atoms with Crippen molar-refractivity contribution in [3.8, 4) is 0 Å². The van der Waals surface area contributed by atoms with Gasteiger partial charge in [-0.3, -0.25) is 14.3 Å². The van der Waals surface area contributed by atoms with Crippen LogP contribution >= 0.6 is 0 Å². The van der Waals surface area contributed by atoms with Crippen molar-refractivity contribution in [3.63, 3.8) is 0 Å². The van der Waals surface area contributed by atoms with Crippen molar-refractivity contribution >= 4 is 11.8 Å². The Bertz CT molecular complexity index is 537. The predicted octanol–water partition coefficient (Wildman–Crippen LogP) is 1.96. The molecule has 0 aromatic carbocycles. The number of carbonyl (C=O) groups excluding carboxylic acids is 2. The van der Waals surface area contributed by atoms with Crippen molar-refractivity contribution < 1.29 is 9.59 Å². The highest BCUT2D eigenvalue weighted by Crippen LogP contribution is 2.28. The van der Waals surface area contributed by atoms with Crippen molar-refractivity contribution in [2.45, 2.75) is 64.0 Å². The second-order valence-electron chi connectivity index (χ2n) is 6.94. The summed E-state index contributed by atoms with van der Waals surface area (Å²) in [7, 11) is 0. The molecule has 2 aliphatic rings. The minimum atomic E-state index is -0.260. The van der Waals surface area contributed by atoms with Gasteiger partial charge < -0.3 is 10.2 Å². The number of hydrogen-bond donors (Lipinski definition) is 1. The van der Waals surface area contributed by atoms with Gasteiger partial charge >= 0.3 is 0 Å². The maximum Gasteiger partial charge on any atom is 0.242 e. The van der Waals surface area contributed by atoms with Gasteiger partial charge in [0.2, 0.25) is 11.8 Å². The summed E-state index contributed by atoms with van der Waals surface area (Å²) >= 11 is 0. The zero-order valence-corrected chi connectivity index (χ0v) is 14.3. The van der Waals surface area contributed by atoms with Crippen LogP contribution in [0.25, 0.3) is 0 Å². The molecular formula is C18H28N4O2. The van der Waals surface area contributed by atoms with E-state index < -0.39 is 0 Å². The second kappa shape index (κ2) is 8.31. The number of rotatable bonds is 6. The van der Waals surface area contributed by atoms with Gasteiger partial charge in [-0.2, -0.15) is 5.10 Å². The predicted molar refractivity (Wildman–Crippen MR) is 91.2 cm³/mol. The molecule has 0 bridgehead atoms. The van der Waals surface area contributed by atoms with Crippen molar-refractivity contribution in [2.24, 2.45) is 5.92 Å². The molecule has 1 atom stereocenters. The second-order valence-corrected chi connectivity index (χ2v) is 6.94. The molecule has 24 heavy (non-hydrogen) atoms. The fraction of sp³-hybridized carbons (Fsp3) is 0.722. The summed E-state index contributed by atoms with van der Waals surface area (Å²) in [4.78, 5) is 27.1. The van der Waals surface area contributed by atoms with Gasteiger partial charge in [-0.25, -0.2) is 0 Å². The van der Waals surface area contributed by atoms with Crippen LogP contribution in [0.2, 0.25) is 0 Å². The minimum absolute atomic E-state index is 0.0112. The zero-order chi connectivity index (χ0) is 16.8. The normalized spacial score (nSPS) is 21.8. The number of aryl methyl sites for hydroxylation is 1. The molecule has 0 spiro atoms. The Kier molecular flexibility index (Phi) is 5.88. The Morgan fingerprint density at radius 2 is 1.96 bits per heavy atom. The van der Waals surface area contributed by atoms with Gasteiger partial charge in [0.25, 0.3) is 0 Å². The van der Waals surface area contributed by atoms with E-state index >= 15 is 0 Å². The van der Waals surface area contributed by atoms with Crippen molar-refractivity contribution in [1.29, 1.82) is 0 Å². The van der Waals surface area contributed by atoms with Crippen LogP contribution < -0.4 is 5.32 Å². The number of likely N-dealkylation sites (tertiary alicyclic amines) is 1. The molecule has 1 saturated heterocycles. The maximum absolute atomic E-state index is 12.7. The van der Waals surface area contributed by atoms with E-state index in [0.717, 1.165) is 58.0 Å². The maximum atomic E-state index is 12.7. The Morgan fingerprint density at radius 1 is 1.12 bits per heavy atom. The van der Waals surface area contributed by atoms with Crippen LogP contribution in [0.5, 0.6) is 0 Å². The van der Waals surface area contributed by atoms with Gasteiger partial charge in [0.15, 0.2) is 0 Å². The molecule has 0 unspecified atom stereocenters. The first-order valence-corrected chi connectivity index (χ1v) is 9.31. The molecule has 0 radical (unpaired) electrons. The number of nitrogens with zero attached hydrogens (tertiary/aromatic N) is 3. The molecule has 3 rings (SSSR count). The van der Waals surface area contributed by atoms with Crippen molar-refractivity contribution in [2.75, 3.05) is 13.1 Å². The van der Waals surface area contributed by atoms with Crippen LogP contribution in [0.3, 0.4) is 0 Å². The van der Waals surface area contributed by atoms with E-state index in [4.69, 9.17) is 0 Å². The van der Waals surface area contributed by atoms with Gasteiger partial charge in [0.1, 0.15) is 6.04 Å². The molecule has 6 nitrogen and oxygen atoms in total. The van der Waals surface area contributed by atoms with Crippen LogP contribution in [-0.2, 0) is 16.1 Å². The third-order valence-electron chi connectivity index (χ3n) is 5.22. The lowest BCUT2D eigenvalue weighted by Crippen LogP contribution is -2.48. The number of nitrogens with one attached hydrogen (secondary N) is 1. The van der Waals surface area contributed by atoms with Gasteiger partial charge in [-0.15, -0.1) is 0 Å². The lowest BCUT2D eigenvalue weighted by molar-refractivity contribution is -0.142. The molecule has 1 N–H and O–H groups in total. The standard InChI is InChI=1S/C18H28N4O2/c23-17(19-10-5-12-21-13-6-11-20-21)16-9-4-14-22(16)18(24)15-7-2-1-3-8-15/h6,11,13,15-16H,1-5,7-10,12,14H2,(H,19,23)/t16-/m0/s1. The fourth-order valence-electron chi connectivity index (χ4n) is 3.89.